The number of hydrogen-bond acceptors (Lipinski definition) is 6. The number of allylic oxidation sites excluding steroid dienone is 6. The van der Waals surface area contributed by atoms with Crippen LogP contribution in [-0.4, -0.2) is 24.1 Å². The van der Waals surface area contributed by atoms with E-state index >= 15 is 0 Å². The lowest BCUT2D eigenvalue weighted by Crippen LogP contribution is -2.15. The third kappa shape index (κ3) is 4.45. The van der Waals surface area contributed by atoms with Gasteiger partial charge in [-0.15, -0.1) is 5.76 Å². The zero-order valence-corrected chi connectivity index (χ0v) is 18.6. The number of anilines is 1. The van der Waals surface area contributed by atoms with Gasteiger partial charge in [0.2, 0.25) is 0 Å². The molecule has 0 radical (unpaired) electrons. The Morgan fingerprint density at radius 3 is 2.22 bits per heavy atom. The van der Waals surface area contributed by atoms with Crippen LogP contribution in [-0.2, 0) is 10.0 Å². The van der Waals surface area contributed by atoms with E-state index in [0.717, 1.165) is 11.1 Å². The molecular weight excluding hydrogens is 424 g/mol. The molecule has 0 fully saturated rings. The van der Waals surface area contributed by atoms with Gasteiger partial charge >= 0.3 is 0 Å². The summed E-state index contributed by atoms with van der Waals surface area (Å²) >= 11 is 0. The second-order valence-electron chi connectivity index (χ2n) is 7.45. The molecular formula is C24H21N4O3S-. The number of para-hydroxylation sites is 2. The van der Waals surface area contributed by atoms with Crippen LogP contribution in [0.2, 0.25) is 0 Å². The summed E-state index contributed by atoms with van der Waals surface area (Å²) in [6, 6.07) is 12.1. The lowest BCUT2D eigenvalue weighted by molar-refractivity contribution is -0.302. The summed E-state index contributed by atoms with van der Waals surface area (Å²) in [6.07, 6.45) is 6.67. The summed E-state index contributed by atoms with van der Waals surface area (Å²) < 4.78 is 28.7. The number of aryl methyl sites for hydroxylation is 2. The van der Waals surface area contributed by atoms with E-state index in [2.05, 4.69) is 19.7 Å². The Morgan fingerprint density at radius 2 is 1.59 bits per heavy atom. The van der Waals surface area contributed by atoms with Crippen LogP contribution in [0.25, 0.3) is 11.0 Å². The number of rotatable bonds is 4. The minimum Gasteiger partial charge on any atom is -0.875 e. The third-order valence-electron chi connectivity index (χ3n) is 5.08. The van der Waals surface area contributed by atoms with Crippen molar-refractivity contribution >= 4 is 38.4 Å². The fourth-order valence-electron chi connectivity index (χ4n) is 3.10. The van der Waals surface area contributed by atoms with Crippen molar-refractivity contribution in [2.45, 2.75) is 25.7 Å². The van der Waals surface area contributed by atoms with Gasteiger partial charge in [-0.3, -0.25) is 4.72 Å². The van der Waals surface area contributed by atoms with Crippen LogP contribution in [0.3, 0.4) is 0 Å². The quantitative estimate of drug-likeness (QED) is 0.613. The number of benzene rings is 2. The first kappa shape index (κ1) is 21.5. The summed E-state index contributed by atoms with van der Waals surface area (Å²) in [5.74, 6) is 0.105. The van der Waals surface area contributed by atoms with E-state index in [9.17, 15) is 13.5 Å². The van der Waals surface area contributed by atoms with Crippen LogP contribution in [0.15, 0.2) is 88.0 Å². The van der Waals surface area contributed by atoms with Gasteiger partial charge in [0.1, 0.15) is 0 Å². The van der Waals surface area contributed by atoms with Crippen LogP contribution in [0.5, 0.6) is 0 Å². The minimum atomic E-state index is -3.91. The van der Waals surface area contributed by atoms with Gasteiger partial charge in [-0.25, -0.2) is 23.4 Å². The number of hydrogen-bond donors (Lipinski definition) is 1. The molecule has 32 heavy (non-hydrogen) atoms. The molecule has 2 aromatic carbocycles. The fraction of sp³-hybridized carbons (Fsp3) is 0.125. The second-order valence-corrected chi connectivity index (χ2v) is 9.13. The molecule has 3 aromatic rings. The molecule has 8 heteroatoms. The zero-order chi connectivity index (χ0) is 22.9. The summed E-state index contributed by atoms with van der Waals surface area (Å²) in [6.45, 7) is 5.26. The molecule has 0 unspecified atom stereocenters. The van der Waals surface area contributed by atoms with E-state index in [0.29, 0.717) is 22.3 Å². The SMILES string of the molecule is CC([O-])=C1C=CC(=Nc2nc3ccccc3nc2NS(=O)(=O)c2ccc(C)c(C)c2)C=C1. The van der Waals surface area contributed by atoms with E-state index in [-0.39, 0.29) is 22.3 Å². The molecule has 1 N–H and O–H groups in total. The Hall–Kier alpha value is -3.78. The van der Waals surface area contributed by atoms with E-state index in [4.69, 9.17) is 0 Å². The van der Waals surface area contributed by atoms with Crippen LogP contribution < -0.4 is 9.83 Å². The Bertz CT molecular complexity index is 1430. The number of nitrogens with zero attached hydrogens (tertiary/aromatic N) is 3. The summed E-state index contributed by atoms with van der Waals surface area (Å²) in [5, 5.41) is 11.5. The molecule has 1 aromatic heterocycles. The molecule has 0 atom stereocenters. The van der Waals surface area contributed by atoms with E-state index < -0.39 is 10.0 Å². The highest BCUT2D eigenvalue weighted by Gasteiger charge is 2.19. The standard InChI is InChI=1S/C24H22N4O3S/c1-15-8-13-20(14-16(15)2)32(30,31)28-24-23(26-21-6-4-5-7-22(21)27-24)25-19-11-9-18(10-12-19)17(3)29/h4-14,29H,1-3H3,(H,27,28)/p-1. The molecule has 1 aliphatic rings. The van der Waals surface area contributed by atoms with Crippen LogP contribution >= 0.6 is 0 Å². The molecule has 1 heterocycles. The first-order chi connectivity index (χ1) is 15.2. The Kier molecular flexibility index (Phi) is 5.63. The first-order valence-corrected chi connectivity index (χ1v) is 11.4. The summed E-state index contributed by atoms with van der Waals surface area (Å²) in [5.41, 5.74) is 4.07. The Balaban J connectivity index is 1.79. The second kappa shape index (κ2) is 8.39. The topological polar surface area (TPSA) is 107 Å². The van der Waals surface area contributed by atoms with Crippen molar-refractivity contribution in [2.24, 2.45) is 4.99 Å². The number of fused-ring (bicyclic) bond motifs is 1. The van der Waals surface area contributed by atoms with Crippen molar-refractivity contribution in [3.8, 4) is 0 Å². The molecule has 4 rings (SSSR count). The molecule has 0 amide bonds. The van der Waals surface area contributed by atoms with Crippen molar-refractivity contribution in [1.29, 1.82) is 0 Å². The van der Waals surface area contributed by atoms with Gasteiger partial charge in [-0.05, 0) is 67.0 Å². The maximum absolute atomic E-state index is 13.1. The first-order valence-electron chi connectivity index (χ1n) is 9.92. The van der Waals surface area contributed by atoms with Crippen molar-refractivity contribution in [2.75, 3.05) is 4.72 Å². The molecule has 0 aliphatic heterocycles. The minimum absolute atomic E-state index is 0.0255. The number of aromatic nitrogens is 2. The van der Waals surface area contributed by atoms with E-state index in [1.165, 1.54) is 6.92 Å². The summed E-state index contributed by atoms with van der Waals surface area (Å²) in [4.78, 5) is 13.6. The fourth-order valence-corrected chi connectivity index (χ4v) is 4.19. The molecule has 1 aliphatic carbocycles. The van der Waals surface area contributed by atoms with Gasteiger partial charge < -0.3 is 5.11 Å². The van der Waals surface area contributed by atoms with E-state index in [1.807, 2.05) is 19.9 Å². The van der Waals surface area contributed by atoms with Gasteiger partial charge in [0.05, 0.1) is 21.6 Å². The number of sulfonamides is 1. The molecule has 0 saturated heterocycles. The monoisotopic (exact) mass is 445 g/mol. The summed E-state index contributed by atoms with van der Waals surface area (Å²) in [7, 11) is -3.91. The van der Waals surface area contributed by atoms with Gasteiger partial charge in [0, 0.05) is 0 Å². The maximum atomic E-state index is 13.1. The molecule has 0 saturated carbocycles. The molecule has 0 bridgehead atoms. The van der Waals surface area contributed by atoms with E-state index in [1.54, 1.807) is 60.7 Å². The highest BCUT2D eigenvalue weighted by atomic mass is 32.2. The Morgan fingerprint density at radius 1 is 0.938 bits per heavy atom. The predicted octanol–water partition coefficient (Wildman–Crippen LogP) is 3.88. The molecule has 162 valence electrons. The third-order valence-corrected chi connectivity index (χ3v) is 6.42. The smallest absolute Gasteiger partial charge is 0.263 e. The lowest BCUT2D eigenvalue weighted by Gasteiger charge is -2.13. The van der Waals surface area contributed by atoms with Crippen molar-refractivity contribution in [1.82, 2.24) is 9.97 Å². The number of nitrogens with one attached hydrogen (secondary N) is 1. The van der Waals surface area contributed by atoms with Crippen molar-refractivity contribution < 1.29 is 13.5 Å². The average Bonchev–Trinajstić information content (AvgIpc) is 2.76. The highest BCUT2D eigenvalue weighted by molar-refractivity contribution is 7.92. The highest BCUT2D eigenvalue weighted by Crippen LogP contribution is 2.28. The average molecular weight is 446 g/mol. The normalized spacial score (nSPS) is 13.5. The Labute approximate surface area is 186 Å². The lowest BCUT2D eigenvalue weighted by atomic mass is 10.1. The van der Waals surface area contributed by atoms with Gasteiger partial charge in [0.25, 0.3) is 10.0 Å². The maximum Gasteiger partial charge on any atom is 0.263 e. The molecule has 7 nitrogen and oxygen atoms in total. The van der Waals surface area contributed by atoms with Crippen molar-refractivity contribution in [3.05, 3.63) is 89.2 Å². The largest absolute Gasteiger partial charge is 0.875 e. The number of aliphatic imine (C=N–C) groups is 1. The van der Waals surface area contributed by atoms with Crippen LogP contribution in [0.4, 0.5) is 11.6 Å². The van der Waals surface area contributed by atoms with Gasteiger partial charge in [-0.1, -0.05) is 37.3 Å². The zero-order valence-electron chi connectivity index (χ0n) is 17.8. The van der Waals surface area contributed by atoms with Gasteiger partial charge in [-0.2, -0.15) is 0 Å². The predicted molar refractivity (Wildman–Crippen MR) is 124 cm³/mol. The van der Waals surface area contributed by atoms with Crippen molar-refractivity contribution in [3.63, 3.8) is 0 Å². The molecule has 0 spiro atoms. The van der Waals surface area contributed by atoms with Crippen LogP contribution in [0.1, 0.15) is 18.1 Å². The van der Waals surface area contributed by atoms with Crippen LogP contribution in [0, 0.1) is 13.8 Å². The van der Waals surface area contributed by atoms with Gasteiger partial charge in [0.15, 0.2) is 11.6 Å².